The minimum Gasteiger partial charge on any atom is -0.300 e. The molecule has 1 saturated heterocycles. The topological polar surface area (TPSA) is 9.72 Å². The Hall–Kier alpha value is -0.120. The van der Waals surface area contributed by atoms with Gasteiger partial charge in [-0.15, -0.1) is 0 Å². The zero-order valence-corrected chi connectivity index (χ0v) is 18.2. The van der Waals surface area contributed by atoms with Crippen LogP contribution in [0.3, 0.4) is 0 Å². The van der Waals surface area contributed by atoms with E-state index in [4.69, 9.17) is 0 Å². The summed E-state index contributed by atoms with van der Waals surface area (Å²) in [6, 6.07) is 0. The number of rotatable bonds is 3. The smallest absolute Gasteiger partial charge is 0.0110 e. The molecule has 3 heteroatoms. The summed E-state index contributed by atoms with van der Waals surface area (Å²) in [5.74, 6) is 0. The van der Waals surface area contributed by atoms with Crippen molar-refractivity contribution < 1.29 is 0 Å². The number of nitrogens with zero attached hydrogens (tertiary/aromatic N) is 3. The van der Waals surface area contributed by atoms with Gasteiger partial charge in [0.25, 0.3) is 0 Å². The third kappa shape index (κ3) is 10.7. The van der Waals surface area contributed by atoms with E-state index in [-0.39, 0.29) is 0 Å². The lowest BCUT2D eigenvalue weighted by atomic mass is 9.95. The SMILES string of the molecule is CC(C)(C)CN1CCN(CC(C)(C)C)CCN(CC(C)(C)C)CC1. The summed E-state index contributed by atoms with van der Waals surface area (Å²) in [7, 11) is 0. The van der Waals surface area contributed by atoms with Gasteiger partial charge in [-0.3, -0.25) is 0 Å². The van der Waals surface area contributed by atoms with Crippen LogP contribution in [0.5, 0.6) is 0 Å². The molecule has 0 aromatic carbocycles. The van der Waals surface area contributed by atoms with Crippen LogP contribution < -0.4 is 0 Å². The molecule has 1 aliphatic rings. The van der Waals surface area contributed by atoms with Crippen molar-refractivity contribution in [1.29, 1.82) is 0 Å². The summed E-state index contributed by atoms with van der Waals surface area (Å²) in [5, 5.41) is 0. The predicted octanol–water partition coefficient (Wildman–Crippen LogP) is 4.04. The van der Waals surface area contributed by atoms with Crippen LogP contribution in [0.1, 0.15) is 62.3 Å². The molecule has 1 heterocycles. The summed E-state index contributed by atoms with van der Waals surface area (Å²) in [5.41, 5.74) is 1.12. The molecule has 0 spiro atoms. The third-order valence-corrected chi connectivity index (χ3v) is 4.29. The van der Waals surface area contributed by atoms with Crippen molar-refractivity contribution in [3.8, 4) is 0 Å². The highest BCUT2D eigenvalue weighted by Gasteiger charge is 2.24. The minimum atomic E-state index is 0.373. The summed E-state index contributed by atoms with van der Waals surface area (Å²) >= 11 is 0. The second-order valence-electron chi connectivity index (χ2n) is 11.5. The van der Waals surface area contributed by atoms with Crippen LogP contribution in [-0.2, 0) is 0 Å². The summed E-state index contributed by atoms with van der Waals surface area (Å²) in [6.45, 7) is 32.1. The zero-order chi connectivity index (χ0) is 18.6. The molecule has 0 saturated carbocycles. The molecule has 3 nitrogen and oxygen atoms in total. The van der Waals surface area contributed by atoms with Crippen LogP contribution in [0.15, 0.2) is 0 Å². The van der Waals surface area contributed by atoms with Gasteiger partial charge in [0.1, 0.15) is 0 Å². The fourth-order valence-corrected chi connectivity index (χ4v) is 3.67. The molecular weight excluding hydrogens is 294 g/mol. The zero-order valence-electron chi connectivity index (χ0n) is 18.2. The lowest BCUT2D eigenvalue weighted by Crippen LogP contribution is -2.42. The molecule has 0 unspecified atom stereocenters. The molecule has 0 aromatic heterocycles. The number of hydrogen-bond acceptors (Lipinski definition) is 3. The van der Waals surface area contributed by atoms with Gasteiger partial charge < -0.3 is 14.7 Å². The molecule has 144 valence electrons. The Morgan fingerprint density at radius 1 is 0.417 bits per heavy atom. The molecule has 0 aliphatic carbocycles. The van der Waals surface area contributed by atoms with Crippen molar-refractivity contribution in [1.82, 2.24) is 14.7 Å². The van der Waals surface area contributed by atoms with Crippen LogP contribution in [0.25, 0.3) is 0 Å². The fourth-order valence-electron chi connectivity index (χ4n) is 3.67. The van der Waals surface area contributed by atoms with E-state index >= 15 is 0 Å². The van der Waals surface area contributed by atoms with E-state index in [0.29, 0.717) is 16.2 Å². The molecule has 1 rings (SSSR count). The van der Waals surface area contributed by atoms with Crippen LogP contribution in [-0.4, -0.2) is 73.6 Å². The van der Waals surface area contributed by atoms with Crippen molar-refractivity contribution in [2.24, 2.45) is 16.2 Å². The van der Waals surface area contributed by atoms with Crippen LogP contribution >= 0.6 is 0 Å². The highest BCUT2D eigenvalue weighted by atomic mass is 15.3. The Morgan fingerprint density at radius 3 is 0.708 bits per heavy atom. The molecule has 0 amide bonds. The van der Waals surface area contributed by atoms with Gasteiger partial charge in [0.05, 0.1) is 0 Å². The van der Waals surface area contributed by atoms with Gasteiger partial charge in [-0.05, 0) is 16.2 Å². The lowest BCUT2D eigenvalue weighted by Gasteiger charge is -2.33. The fraction of sp³-hybridized carbons (Fsp3) is 1.00. The van der Waals surface area contributed by atoms with Gasteiger partial charge in [0.15, 0.2) is 0 Å². The molecule has 24 heavy (non-hydrogen) atoms. The Kier molecular flexibility index (Phi) is 7.77. The molecule has 1 fully saturated rings. The van der Waals surface area contributed by atoms with Gasteiger partial charge in [-0.2, -0.15) is 0 Å². The van der Waals surface area contributed by atoms with Gasteiger partial charge in [-0.25, -0.2) is 0 Å². The summed E-state index contributed by atoms with van der Waals surface area (Å²) in [4.78, 5) is 8.07. The van der Waals surface area contributed by atoms with E-state index < -0.39 is 0 Å². The second-order valence-corrected chi connectivity index (χ2v) is 11.5. The molecular formula is C21H45N3. The van der Waals surface area contributed by atoms with Crippen LogP contribution in [0.4, 0.5) is 0 Å². The largest absolute Gasteiger partial charge is 0.300 e. The quantitative estimate of drug-likeness (QED) is 0.768. The van der Waals surface area contributed by atoms with E-state index in [1.165, 1.54) is 58.9 Å². The van der Waals surface area contributed by atoms with Crippen molar-refractivity contribution in [3.05, 3.63) is 0 Å². The average molecular weight is 340 g/mol. The van der Waals surface area contributed by atoms with Crippen molar-refractivity contribution in [2.75, 3.05) is 58.9 Å². The highest BCUT2D eigenvalue weighted by Crippen LogP contribution is 2.20. The number of hydrogen-bond donors (Lipinski definition) is 0. The van der Waals surface area contributed by atoms with E-state index in [2.05, 4.69) is 77.0 Å². The van der Waals surface area contributed by atoms with Gasteiger partial charge in [0, 0.05) is 58.9 Å². The van der Waals surface area contributed by atoms with E-state index in [1.807, 2.05) is 0 Å². The first-order valence-corrected chi connectivity index (χ1v) is 9.91. The molecule has 0 aromatic rings. The standard InChI is InChI=1S/C21H45N3/c1-19(2,3)16-22-10-12-23(17-20(4,5)6)14-15-24(13-11-22)18-21(7,8)9/h10-18H2,1-9H3. The van der Waals surface area contributed by atoms with E-state index in [0.717, 1.165) is 0 Å². The Morgan fingerprint density at radius 2 is 0.583 bits per heavy atom. The maximum atomic E-state index is 2.69. The first kappa shape index (κ1) is 21.9. The predicted molar refractivity (Wildman–Crippen MR) is 108 cm³/mol. The van der Waals surface area contributed by atoms with E-state index in [9.17, 15) is 0 Å². The van der Waals surface area contributed by atoms with Crippen LogP contribution in [0.2, 0.25) is 0 Å². The molecule has 1 aliphatic heterocycles. The van der Waals surface area contributed by atoms with Crippen molar-refractivity contribution in [3.63, 3.8) is 0 Å². The van der Waals surface area contributed by atoms with E-state index in [1.54, 1.807) is 0 Å². The molecule has 0 atom stereocenters. The first-order chi connectivity index (χ1) is 10.7. The van der Waals surface area contributed by atoms with Crippen LogP contribution in [0, 0.1) is 16.2 Å². The monoisotopic (exact) mass is 339 g/mol. The Bertz CT molecular complexity index is 288. The Labute approximate surface area is 152 Å². The molecule has 0 N–H and O–H groups in total. The third-order valence-electron chi connectivity index (χ3n) is 4.29. The second kappa shape index (κ2) is 8.51. The lowest BCUT2D eigenvalue weighted by molar-refractivity contribution is 0.149. The summed E-state index contributed by atoms with van der Waals surface area (Å²) < 4.78 is 0. The maximum Gasteiger partial charge on any atom is 0.0110 e. The normalized spacial score (nSPS) is 21.4. The van der Waals surface area contributed by atoms with Gasteiger partial charge in [-0.1, -0.05) is 62.3 Å². The minimum absolute atomic E-state index is 0.373. The van der Waals surface area contributed by atoms with Crippen molar-refractivity contribution >= 4 is 0 Å². The molecule has 0 bridgehead atoms. The average Bonchev–Trinajstić information content (AvgIpc) is 2.39. The molecule has 0 radical (unpaired) electrons. The van der Waals surface area contributed by atoms with Gasteiger partial charge in [0.2, 0.25) is 0 Å². The first-order valence-electron chi connectivity index (χ1n) is 9.91. The highest BCUT2D eigenvalue weighted by molar-refractivity contribution is 4.79. The Balaban J connectivity index is 2.79. The van der Waals surface area contributed by atoms with Gasteiger partial charge >= 0.3 is 0 Å². The maximum absolute atomic E-state index is 2.69. The van der Waals surface area contributed by atoms with Crippen molar-refractivity contribution in [2.45, 2.75) is 62.3 Å². The summed E-state index contributed by atoms with van der Waals surface area (Å²) in [6.07, 6.45) is 0.